The highest BCUT2D eigenvalue weighted by Crippen LogP contribution is 2.34. The Kier molecular flexibility index (Phi) is 28.6. The van der Waals surface area contributed by atoms with Crippen molar-refractivity contribution in [1.82, 2.24) is 0 Å². The molecular formula is C55H112O13. The summed E-state index contributed by atoms with van der Waals surface area (Å²) in [5.74, 6) is 0. The molecule has 0 aliphatic heterocycles. The van der Waals surface area contributed by atoms with Gasteiger partial charge in [-0.15, -0.1) is 0 Å². The Morgan fingerprint density at radius 2 is 0.368 bits per heavy atom. The maximum Gasteiger partial charge on any atom is 0.105 e. The molecule has 0 rings (SSSR count). The smallest absolute Gasteiger partial charge is 0.105 e. The van der Waals surface area contributed by atoms with Crippen molar-refractivity contribution in [3.63, 3.8) is 0 Å². The largest absolute Gasteiger partial charge is 0.394 e. The number of aliphatic hydroxyl groups is 13. The first-order valence-electron chi connectivity index (χ1n) is 26.8. The van der Waals surface area contributed by atoms with Crippen molar-refractivity contribution in [3.05, 3.63) is 0 Å². The number of rotatable bonds is 42. The molecule has 13 N–H and O–H groups in total. The lowest BCUT2D eigenvalue weighted by atomic mass is 9.83. The van der Waals surface area contributed by atoms with Gasteiger partial charge in [0.25, 0.3) is 0 Å². The quantitative estimate of drug-likeness (QED) is 0.0275. The molecule has 0 unspecified atom stereocenters. The number of hydrogen-bond donors (Lipinski definition) is 13. The molecular weight excluding hydrogens is 869 g/mol. The summed E-state index contributed by atoms with van der Waals surface area (Å²) in [4.78, 5) is 0. The average molecular weight is 981 g/mol. The van der Waals surface area contributed by atoms with E-state index in [0.29, 0.717) is 180 Å². The third-order valence-electron chi connectivity index (χ3n) is 15.2. The van der Waals surface area contributed by atoms with Gasteiger partial charge in [-0.3, -0.25) is 0 Å². The van der Waals surface area contributed by atoms with E-state index in [1.54, 1.807) is 48.5 Å². The Bertz CT molecular complexity index is 1330. The Morgan fingerprint density at radius 1 is 0.235 bits per heavy atom. The summed E-state index contributed by atoms with van der Waals surface area (Å²) in [5.41, 5.74) is -10.5. The second-order valence-electron chi connectivity index (χ2n) is 25.9. The zero-order valence-corrected chi connectivity index (χ0v) is 45.8. The molecule has 0 aliphatic rings. The van der Waals surface area contributed by atoms with Crippen molar-refractivity contribution in [2.45, 2.75) is 343 Å². The van der Waals surface area contributed by atoms with Crippen LogP contribution < -0.4 is 0 Å². The average Bonchev–Trinajstić information content (AvgIpc) is 3.12. The SMILES string of the molecule is CC(C)(O)CCC[C@@](C)(O)CCC[C@@](C)(O)CCC[C@@](C)(O)CCC[C@@](C)(O)CCC[C@@](C)(O)CCC[C@@](C)(O)CCC[C@@](C)(O)CCC[C@@](C)(O)CCC[C@@](C)(O)CCC[C@@](C)(O)[C@H](O)CO. The van der Waals surface area contributed by atoms with Gasteiger partial charge in [-0.1, -0.05) is 0 Å². The first-order valence-corrected chi connectivity index (χ1v) is 26.8. The number of hydrogen-bond acceptors (Lipinski definition) is 13. The van der Waals surface area contributed by atoms with Crippen LogP contribution in [0.3, 0.4) is 0 Å². The fraction of sp³-hybridized carbons (Fsp3) is 1.00. The van der Waals surface area contributed by atoms with Crippen LogP contribution in [0.1, 0.15) is 276 Å². The van der Waals surface area contributed by atoms with Crippen molar-refractivity contribution in [1.29, 1.82) is 0 Å². The lowest BCUT2D eigenvalue weighted by Crippen LogP contribution is -2.42. The highest BCUT2D eigenvalue weighted by molar-refractivity contribution is 4.86. The van der Waals surface area contributed by atoms with Gasteiger partial charge in [0, 0.05) is 0 Å². The number of aliphatic hydroxyl groups excluding tert-OH is 2. The van der Waals surface area contributed by atoms with E-state index >= 15 is 0 Å². The molecule has 0 amide bonds. The van der Waals surface area contributed by atoms with Crippen molar-refractivity contribution in [2.24, 2.45) is 0 Å². The standard InChI is InChI=1S/C55H112O13/c1-45(2,58)23-13-24-46(3,59)25-14-26-47(4,60)27-15-28-48(5,61)29-16-30-49(6,62)31-17-32-50(7,63)33-18-34-51(8,64)35-19-36-52(9,65)37-20-38-53(10,66)39-21-40-54(11,67)41-22-42-55(12,68)44(57)43-56/h44,56-68H,13-43H2,1-12H3/t44-,46-,47-,48-,49-,50-,51-,52-,53-,54-,55-/m1/s1. The van der Waals surface area contributed by atoms with Crippen LogP contribution in [-0.4, -0.2) is 141 Å². The van der Waals surface area contributed by atoms with Crippen molar-refractivity contribution in [2.75, 3.05) is 6.61 Å². The monoisotopic (exact) mass is 981 g/mol. The van der Waals surface area contributed by atoms with E-state index < -0.39 is 74.3 Å². The second kappa shape index (κ2) is 28.8. The highest BCUT2D eigenvalue weighted by atomic mass is 16.4. The molecule has 11 atom stereocenters. The Labute approximate surface area is 415 Å². The van der Waals surface area contributed by atoms with E-state index in [0.717, 1.165) is 6.42 Å². The third-order valence-corrected chi connectivity index (χ3v) is 15.2. The van der Waals surface area contributed by atoms with Gasteiger partial charge in [-0.05, 0) is 276 Å². The summed E-state index contributed by atoms with van der Waals surface area (Å²) in [6, 6.07) is 0. The summed E-state index contributed by atoms with van der Waals surface area (Å²) in [7, 11) is 0. The lowest BCUT2D eigenvalue weighted by Gasteiger charge is -2.31. The van der Waals surface area contributed by atoms with Crippen LogP contribution in [0.4, 0.5) is 0 Å². The molecule has 13 nitrogen and oxygen atoms in total. The Morgan fingerprint density at radius 3 is 0.500 bits per heavy atom. The minimum Gasteiger partial charge on any atom is -0.394 e. The van der Waals surface area contributed by atoms with Crippen LogP contribution in [0, 0.1) is 0 Å². The molecule has 0 aromatic carbocycles. The fourth-order valence-electron chi connectivity index (χ4n) is 10.0. The van der Waals surface area contributed by atoms with Gasteiger partial charge >= 0.3 is 0 Å². The maximum absolute atomic E-state index is 11.1. The van der Waals surface area contributed by atoms with Crippen LogP contribution in [0.2, 0.25) is 0 Å². The van der Waals surface area contributed by atoms with E-state index in [4.69, 9.17) is 5.11 Å². The molecule has 0 saturated carbocycles. The summed E-state index contributed by atoms with van der Waals surface area (Å²) in [6.45, 7) is 20.6. The normalized spacial score (nSPS) is 22.2. The topological polar surface area (TPSA) is 263 Å². The fourth-order valence-corrected chi connectivity index (χ4v) is 10.0. The van der Waals surface area contributed by atoms with Crippen LogP contribution in [0.5, 0.6) is 0 Å². The van der Waals surface area contributed by atoms with Crippen LogP contribution in [-0.2, 0) is 0 Å². The highest BCUT2D eigenvalue weighted by Gasteiger charge is 2.33. The molecule has 0 saturated heterocycles. The van der Waals surface area contributed by atoms with Crippen molar-refractivity contribution in [3.8, 4) is 0 Å². The molecule has 13 heteroatoms. The van der Waals surface area contributed by atoms with Crippen LogP contribution in [0.15, 0.2) is 0 Å². The van der Waals surface area contributed by atoms with Gasteiger partial charge in [-0.2, -0.15) is 0 Å². The first-order chi connectivity index (χ1) is 30.6. The molecule has 0 aliphatic carbocycles. The maximum atomic E-state index is 11.1. The van der Waals surface area contributed by atoms with Gasteiger partial charge < -0.3 is 66.4 Å². The van der Waals surface area contributed by atoms with Crippen LogP contribution >= 0.6 is 0 Å². The van der Waals surface area contributed by atoms with E-state index in [1.807, 2.05) is 27.7 Å². The van der Waals surface area contributed by atoms with E-state index in [9.17, 15) is 61.3 Å². The molecule has 0 bridgehead atoms. The van der Waals surface area contributed by atoms with E-state index in [1.165, 1.54) is 6.92 Å². The second-order valence-corrected chi connectivity index (χ2v) is 25.9. The Balaban J connectivity index is 4.46. The molecule has 0 aromatic rings. The molecule has 0 spiro atoms. The minimum absolute atomic E-state index is 0.243. The molecule has 0 radical (unpaired) electrons. The molecule has 0 fully saturated rings. The minimum atomic E-state index is -1.43. The summed E-state index contributed by atoms with van der Waals surface area (Å²) < 4.78 is 0. The summed E-state index contributed by atoms with van der Waals surface area (Å²) in [5, 5.41) is 138. The summed E-state index contributed by atoms with van der Waals surface area (Å²) >= 11 is 0. The molecule has 0 heterocycles. The zero-order chi connectivity index (χ0) is 53.0. The predicted molar refractivity (Wildman–Crippen MR) is 274 cm³/mol. The van der Waals surface area contributed by atoms with Crippen LogP contribution in [0.25, 0.3) is 0 Å². The van der Waals surface area contributed by atoms with E-state index in [-0.39, 0.29) is 6.42 Å². The zero-order valence-electron chi connectivity index (χ0n) is 45.8. The molecule has 410 valence electrons. The van der Waals surface area contributed by atoms with Crippen molar-refractivity contribution < 1.29 is 66.4 Å². The lowest BCUT2D eigenvalue weighted by molar-refractivity contribution is -0.0908. The predicted octanol–water partition coefficient (Wildman–Crippen LogP) is 8.32. The van der Waals surface area contributed by atoms with Gasteiger partial charge in [0.15, 0.2) is 0 Å². The first kappa shape index (κ1) is 67.5. The van der Waals surface area contributed by atoms with Gasteiger partial charge in [-0.25, -0.2) is 0 Å². The Hall–Kier alpha value is -0.520. The van der Waals surface area contributed by atoms with Gasteiger partial charge in [0.05, 0.1) is 68.2 Å². The third kappa shape index (κ3) is 35.6. The molecule has 0 aromatic heterocycles. The molecule has 68 heavy (non-hydrogen) atoms. The summed E-state index contributed by atoms with van der Waals surface area (Å²) in [6.07, 6.45) is 15.3. The van der Waals surface area contributed by atoms with Gasteiger partial charge in [0.2, 0.25) is 0 Å². The van der Waals surface area contributed by atoms with Crippen molar-refractivity contribution >= 4 is 0 Å². The van der Waals surface area contributed by atoms with E-state index in [2.05, 4.69) is 0 Å². The van der Waals surface area contributed by atoms with Gasteiger partial charge in [0.1, 0.15) is 6.10 Å².